The first-order valence-corrected chi connectivity index (χ1v) is 9.13. The summed E-state index contributed by atoms with van der Waals surface area (Å²) in [7, 11) is 0. The van der Waals surface area contributed by atoms with Gasteiger partial charge in [-0.15, -0.1) is 0 Å². The van der Waals surface area contributed by atoms with E-state index in [9.17, 15) is 10.2 Å². The van der Waals surface area contributed by atoms with Gasteiger partial charge in [0.1, 0.15) is 0 Å². The summed E-state index contributed by atoms with van der Waals surface area (Å²) in [5, 5.41) is 20.6. The molecule has 4 aliphatic carbocycles. The van der Waals surface area contributed by atoms with Gasteiger partial charge < -0.3 is 10.2 Å². The molecule has 0 aromatic rings. The second kappa shape index (κ2) is 4.70. The fourth-order valence-electron chi connectivity index (χ4n) is 6.69. The summed E-state index contributed by atoms with van der Waals surface area (Å²) in [5.41, 5.74) is 2.95. The van der Waals surface area contributed by atoms with E-state index in [1.807, 2.05) is 0 Å². The second-order valence-corrected chi connectivity index (χ2v) is 8.93. The SMILES string of the molecule is C=C1C[C@H]2[C@@H]3CC[C@H](O)[C@@]3(C)CC[C@@H]2[C@@]2(C)CC[C@H](O)C=C12. The maximum Gasteiger partial charge on any atom is 0.0727 e. The van der Waals surface area contributed by atoms with Crippen molar-refractivity contribution in [3.8, 4) is 0 Å². The quantitative estimate of drug-likeness (QED) is 0.714. The molecule has 0 bridgehead atoms. The summed E-state index contributed by atoms with van der Waals surface area (Å²) in [4.78, 5) is 0. The predicted octanol–water partition coefficient (Wildman–Crippen LogP) is 3.84. The van der Waals surface area contributed by atoms with E-state index in [0.717, 1.165) is 32.1 Å². The first-order valence-electron chi connectivity index (χ1n) is 9.13. The summed E-state index contributed by atoms with van der Waals surface area (Å²) in [5.74, 6) is 2.05. The minimum atomic E-state index is -0.279. The maximum atomic E-state index is 10.5. The molecule has 2 heteroatoms. The number of aliphatic hydroxyl groups excluding tert-OH is 2. The van der Waals surface area contributed by atoms with E-state index in [-0.39, 0.29) is 23.0 Å². The number of aliphatic hydroxyl groups is 2. The van der Waals surface area contributed by atoms with Crippen molar-refractivity contribution in [2.75, 3.05) is 0 Å². The Morgan fingerprint density at radius 3 is 2.59 bits per heavy atom. The van der Waals surface area contributed by atoms with Crippen LogP contribution in [0.25, 0.3) is 0 Å². The standard InChI is InChI=1S/C20H30O2/c1-12-10-14-15-4-5-18(22)20(15,3)9-7-16(14)19(2)8-6-13(21)11-17(12)19/h11,13-16,18,21-22H,1,4-10H2,2-3H3/t13-,14-,15-,16-,18-,19+,20-/m0/s1. The van der Waals surface area contributed by atoms with E-state index < -0.39 is 0 Å². The highest BCUT2D eigenvalue weighted by Crippen LogP contribution is 2.66. The molecular weight excluding hydrogens is 272 g/mol. The molecule has 0 amide bonds. The molecule has 22 heavy (non-hydrogen) atoms. The lowest BCUT2D eigenvalue weighted by Gasteiger charge is -2.58. The van der Waals surface area contributed by atoms with Crippen LogP contribution in [-0.4, -0.2) is 22.4 Å². The van der Waals surface area contributed by atoms with Gasteiger partial charge in [-0.1, -0.05) is 32.1 Å². The lowest BCUT2D eigenvalue weighted by Crippen LogP contribution is -2.51. The topological polar surface area (TPSA) is 40.5 Å². The van der Waals surface area contributed by atoms with Gasteiger partial charge in [-0.2, -0.15) is 0 Å². The molecule has 0 aromatic heterocycles. The van der Waals surface area contributed by atoms with Crippen LogP contribution < -0.4 is 0 Å². The fraction of sp³-hybridized carbons (Fsp3) is 0.800. The van der Waals surface area contributed by atoms with E-state index in [1.165, 1.54) is 24.0 Å². The largest absolute Gasteiger partial charge is 0.393 e. The maximum absolute atomic E-state index is 10.5. The summed E-state index contributed by atoms with van der Waals surface area (Å²) >= 11 is 0. The van der Waals surface area contributed by atoms with Gasteiger partial charge in [-0.25, -0.2) is 0 Å². The van der Waals surface area contributed by atoms with Crippen LogP contribution in [0.5, 0.6) is 0 Å². The normalized spacial score (nSPS) is 54.3. The van der Waals surface area contributed by atoms with Crippen LogP contribution >= 0.6 is 0 Å². The molecule has 4 rings (SSSR count). The molecule has 2 nitrogen and oxygen atoms in total. The van der Waals surface area contributed by atoms with Gasteiger partial charge in [-0.3, -0.25) is 0 Å². The minimum absolute atomic E-state index is 0.107. The number of rotatable bonds is 0. The molecule has 0 heterocycles. The molecule has 2 N–H and O–H groups in total. The third-order valence-electron chi connectivity index (χ3n) is 8.00. The smallest absolute Gasteiger partial charge is 0.0727 e. The zero-order chi connectivity index (χ0) is 15.7. The highest BCUT2D eigenvalue weighted by Gasteiger charge is 2.59. The first kappa shape index (κ1) is 15.0. The minimum Gasteiger partial charge on any atom is -0.393 e. The van der Waals surface area contributed by atoms with E-state index >= 15 is 0 Å². The van der Waals surface area contributed by atoms with Crippen molar-refractivity contribution < 1.29 is 10.2 Å². The first-order chi connectivity index (χ1) is 10.4. The van der Waals surface area contributed by atoms with Gasteiger partial charge in [0.15, 0.2) is 0 Å². The Morgan fingerprint density at radius 2 is 1.82 bits per heavy atom. The predicted molar refractivity (Wildman–Crippen MR) is 88.2 cm³/mol. The average molecular weight is 302 g/mol. The van der Waals surface area contributed by atoms with Crippen LogP contribution in [0.3, 0.4) is 0 Å². The third-order valence-corrected chi connectivity index (χ3v) is 8.00. The zero-order valence-corrected chi connectivity index (χ0v) is 14.0. The van der Waals surface area contributed by atoms with Crippen molar-refractivity contribution >= 4 is 0 Å². The molecule has 4 aliphatic rings. The van der Waals surface area contributed by atoms with Crippen molar-refractivity contribution in [2.45, 2.75) is 71.0 Å². The summed E-state index contributed by atoms with van der Waals surface area (Å²) in [6.45, 7) is 9.13. The molecule has 0 radical (unpaired) electrons. The number of hydrogen-bond donors (Lipinski definition) is 2. The second-order valence-electron chi connectivity index (χ2n) is 8.93. The summed E-state index contributed by atoms with van der Waals surface area (Å²) in [6.07, 6.45) is 9.32. The molecule has 7 atom stereocenters. The van der Waals surface area contributed by atoms with Crippen LogP contribution in [-0.2, 0) is 0 Å². The summed E-state index contributed by atoms with van der Waals surface area (Å²) in [6, 6.07) is 0. The van der Waals surface area contributed by atoms with Gasteiger partial charge in [0.25, 0.3) is 0 Å². The van der Waals surface area contributed by atoms with Crippen molar-refractivity contribution in [1.82, 2.24) is 0 Å². The summed E-state index contributed by atoms with van der Waals surface area (Å²) < 4.78 is 0. The molecule has 122 valence electrons. The van der Waals surface area contributed by atoms with Crippen molar-refractivity contribution in [1.29, 1.82) is 0 Å². The van der Waals surface area contributed by atoms with Gasteiger partial charge in [0, 0.05) is 0 Å². The Kier molecular flexibility index (Phi) is 3.20. The van der Waals surface area contributed by atoms with E-state index in [2.05, 4.69) is 26.5 Å². The highest BCUT2D eigenvalue weighted by molar-refractivity contribution is 5.41. The van der Waals surface area contributed by atoms with Crippen LogP contribution in [0.1, 0.15) is 58.8 Å². The monoisotopic (exact) mass is 302 g/mol. The van der Waals surface area contributed by atoms with Gasteiger partial charge in [0.05, 0.1) is 12.2 Å². The van der Waals surface area contributed by atoms with Crippen molar-refractivity contribution in [2.24, 2.45) is 28.6 Å². The molecule has 0 saturated heterocycles. The fourth-order valence-corrected chi connectivity index (χ4v) is 6.69. The molecular formula is C20H30O2. The van der Waals surface area contributed by atoms with Crippen LogP contribution in [0.15, 0.2) is 23.8 Å². The lowest BCUT2D eigenvalue weighted by atomic mass is 9.46. The van der Waals surface area contributed by atoms with E-state index in [1.54, 1.807) is 0 Å². The van der Waals surface area contributed by atoms with Crippen molar-refractivity contribution in [3.63, 3.8) is 0 Å². The molecule has 3 saturated carbocycles. The number of hydrogen-bond acceptors (Lipinski definition) is 2. The highest BCUT2D eigenvalue weighted by atomic mass is 16.3. The van der Waals surface area contributed by atoms with Gasteiger partial charge in [-0.05, 0) is 79.1 Å². The Morgan fingerprint density at radius 1 is 1.05 bits per heavy atom. The Balaban J connectivity index is 1.73. The van der Waals surface area contributed by atoms with Crippen LogP contribution in [0.2, 0.25) is 0 Å². The lowest BCUT2D eigenvalue weighted by molar-refractivity contribution is -0.0687. The third kappa shape index (κ3) is 1.80. The Hall–Kier alpha value is -0.600. The van der Waals surface area contributed by atoms with Gasteiger partial charge in [0.2, 0.25) is 0 Å². The molecule has 0 aromatic carbocycles. The molecule has 0 spiro atoms. The van der Waals surface area contributed by atoms with Crippen LogP contribution in [0, 0.1) is 28.6 Å². The Bertz CT molecular complexity index is 536. The molecule has 0 unspecified atom stereocenters. The molecule has 3 fully saturated rings. The van der Waals surface area contributed by atoms with E-state index in [0.29, 0.717) is 17.8 Å². The molecule has 0 aliphatic heterocycles. The average Bonchev–Trinajstić information content (AvgIpc) is 2.77. The van der Waals surface area contributed by atoms with E-state index in [4.69, 9.17) is 0 Å². The van der Waals surface area contributed by atoms with Crippen LogP contribution in [0.4, 0.5) is 0 Å². The Labute approximate surface area is 134 Å². The van der Waals surface area contributed by atoms with Crippen molar-refractivity contribution in [3.05, 3.63) is 23.8 Å². The number of allylic oxidation sites excluding steroid dienone is 2. The van der Waals surface area contributed by atoms with Gasteiger partial charge >= 0.3 is 0 Å². The number of fused-ring (bicyclic) bond motifs is 5. The zero-order valence-electron chi connectivity index (χ0n) is 14.0.